The van der Waals surface area contributed by atoms with Crippen LogP contribution in [0.2, 0.25) is 0 Å². The highest BCUT2D eigenvalue weighted by atomic mass is 16.5. The van der Waals surface area contributed by atoms with Gasteiger partial charge in [-0.15, -0.1) is 0 Å². The van der Waals surface area contributed by atoms with Gasteiger partial charge in [0.1, 0.15) is 18.4 Å². The molecule has 1 aliphatic rings. The van der Waals surface area contributed by atoms with E-state index in [1.807, 2.05) is 32.9 Å². The van der Waals surface area contributed by atoms with Crippen molar-refractivity contribution in [2.45, 2.75) is 66.0 Å². The maximum absolute atomic E-state index is 13.1. The standard InChI is InChI=1S/C30H35N5O5/c1-18(2)39-25-10-8-21(15-22(25)16-31)28-32-27(33-40-28)24-9-7-20-11-13-34(14-12-23(20)19(24)3)26(36)17-35(29(37)38)30(4,5)6/h7-10,15,18H,11-14,17H2,1-6H3,(H,37,38). The van der Waals surface area contributed by atoms with Crippen molar-refractivity contribution in [3.05, 3.63) is 52.6 Å². The van der Waals surface area contributed by atoms with E-state index in [2.05, 4.69) is 16.2 Å². The third-order valence-corrected chi connectivity index (χ3v) is 7.04. The van der Waals surface area contributed by atoms with Gasteiger partial charge in [-0.3, -0.25) is 9.69 Å². The highest BCUT2D eigenvalue weighted by Crippen LogP contribution is 2.31. The van der Waals surface area contributed by atoms with Gasteiger partial charge in [0.15, 0.2) is 0 Å². The van der Waals surface area contributed by atoms with E-state index in [1.165, 1.54) is 4.90 Å². The van der Waals surface area contributed by atoms with E-state index < -0.39 is 11.6 Å². The zero-order valence-electron chi connectivity index (χ0n) is 23.8. The first-order valence-electron chi connectivity index (χ1n) is 13.3. The van der Waals surface area contributed by atoms with Gasteiger partial charge in [0.2, 0.25) is 11.7 Å². The fraction of sp³-hybridized carbons (Fsp3) is 0.433. The van der Waals surface area contributed by atoms with E-state index in [0.717, 1.165) is 22.3 Å². The highest BCUT2D eigenvalue weighted by Gasteiger charge is 2.31. The predicted molar refractivity (Wildman–Crippen MR) is 149 cm³/mol. The molecule has 2 heterocycles. The van der Waals surface area contributed by atoms with E-state index in [0.29, 0.717) is 54.5 Å². The quantitative estimate of drug-likeness (QED) is 0.454. The molecule has 0 unspecified atom stereocenters. The number of aromatic nitrogens is 2. The average molecular weight is 546 g/mol. The van der Waals surface area contributed by atoms with Gasteiger partial charge in [-0.1, -0.05) is 17.3 Å². The summed E-state index contributed by atoms with van der Waals surface area (Å²) >= 11 is 0. The first kappa shape index (κ1) is 28.6. The Kier molecular flexibility index (Phi) is 8.14. The largest absolute Gasteiger partial charge is 0.490 e. The molecular weight excluding hydrogens is 510 g/mol. The number of carboxylic acid groups (broad SMARTS) is 1. The molecule has 210 valence electrons. The van der Waals surface area contributed by atoms with Crippen molar-refractivity contribution in [3.8, 4) is 34.7 Å². The Morgan fingerprint density at radius 3 is 2.58 bits per heavy atom. The lowest BCUT2D eigenvalue weighted by molar-refractivity contribution is -0.133. The number of carbonyl (C=O) groups excluding carboxylic acids is 1. The highest BCUT2D eigenvalue weighted by molar-refractivity contribution is 5.82. The van der Waals surface area contributed by atoms with Crippen LogP contribution in [0.1, 0.15) is 56.9 Å². The Balaban J connectivity index is 1.53. The third-order valence-electron chi connectivity index (χ3n) is 7.04. The summed E-state index contributed by atoms with van der Waals surface area (Å²) in [6.45, 7) is 12.0. The number of nitriles is 1. The van der Waals surface area contributed by atoms with Crippen molar-refractivity contribution < 1.29 is 24.0 Å². The van der Waals surface area contributed by atoms with E-state index in [9.17, 15) is 20.0 Å². The maximum Gasteiger partial charge on any atom is 0.408 e. The molecule has 0 spiro atoms. The molecule has 2 aromatic carbocycles. The van der Waals surface area contributed by atoms with Crippen LogP contribution in [0.4, 0.5) is 4.79 Å². The Morgan fingerprint density at radius 2 is 1.93 bits per heavy atom. The summed E-state index contributed by atoms with van der Waals surface area (Å²) < 4.78 is 11.3. The van der Waals surface area contributed by atoms with E-state index in [1.54, 1.807) is 43.9 Å². The molecule has 1 aliphatic heterocycles. The van der Waals surface area contributed by atoms with Gasteiger partial charge >= 0.3 is 6.09 Å². The molecule has 40 heavy (non-hydrogen) atoms. The smallest absolute Gasteiger partial charge is 0.408 e. The number of nitrogens with zero attached hydrogens (tertiary/aromatic N) is 5. The van der Waals surface area contributed by atoms with Crippen molar-refractivity contribution in [1.82, 2.24) is 19.9 Å². The number of fused-ring (bicyclic) bond motifs is 1. The second-order valence-corrected chi connectivity index (χ2v) is 11.2. The third kappa shape index (κ3) is 6.09. The molecule has 0 aliphatic carbocycles. The molecule has 0 fully saturated rings. The number of hydrogen-bond acceptors (Lipinski definition) is 7. The van der Waals surface area contributed by atoms with Crippen molar-refractivity contribution in [1.29, 1.82) is 5.26 Å². The fourth-order valence-electron chi connectivity index (χ4n) is 4.89. The molecule has 0 saturated carbocycles. The van der Waals surface area contributed by atoms with Crippen LogP contribution in [0.15, 0.2) is 34.9 Å². The lowest BCUT2D eigenvalue weighted by Gasteiger charge is -2.34. The van der Waals surface area contributed by atoms with E-state index >= 15 is 0 Å². The molecule has 2 amide bonds. The van der Waals surface area contributed by atoms with Crippen LogP contribution in [-0.4, -0.2) is 68.3 Å². The second-order valence-electron chi connectivity index (χ2n) is 11.2. The Bertz CT molecular complexity index is 1460. The molecule has 0 radical (unpaired) electrons. The summed E-state index contributed by atoms with van der Waals surface area (Å²) in [4.78, 5) is 32.3. The molecule has 0 atom stereocenters. The minimum Gasteiger partial charge on any atom is -0.490 e. The van der Waals surface area contributed by atoms with Crippen molar-refractivity contribution in [2.75, 3.05) is 19.6 Å². The number of rotatable bonds is 6. The normalized spacial score (nSPS) is 13.4. The lowest BCUT2D eigenvalue weighted by Crippen LogP contribution is -2.51. The molecule has 1 N–H and O–H groups in total. The van der Waals surface area contributed by atoms with Crippen LogP contribution in [0.25, 0.3) is 22.8 Å². The van der Waals surface area contributed by atoms with Gasteiger partial charge < -0.3 is 19.3 Å². The zero-order valence-corrected chi connectivity index (χ0v) is 23.8. The first-order valence-corrected chi connectivity index (χ1v) is 13.3. The molecule has 3 aromatic rings. The lowest BCUT2D eigenvalue weighted by atomic mass is 9.93. The summed E-state index contributed by atoms with van der Waals surface area (Å²) in [6.07, 6.45) is 0.140. The van der Waals surface area contributed by atoms with Crippen LogP contribution >= 0.6 is 0 Å². The monoisotopic (exact) mass is 545 g/mol. The van der Waals surface area contributed by atoms with Crippen molar-refractivity contribution in [2.24, 2.45) is 0 Å². The van der Waals surface area contributed by atoms with Gasteiger partial charge in [0.25, 0.3) is 5.89 Å². The zero-order chi connectivity index (χ0) is 29.2. The SMILES string of the molecule is Cc1c(-c2noc(-c3ccc(OC(C)C)c(C#N)c3)n2)ccc2c1CCN(C(=O)CN(C(=O)O)C(C)(C)C)CC2. The van der Waals surface area contributed by atoms with Crippen LogP contribution < -0.4 is 4.74 Å². The minimum atomic E-state index is -1.11. The molecule has 1 aromatic heterocycles. The number of hydrogen-bond donors (Lipinski definition) is 1. The number of ether oxygens (including phenoxy) is 1. The van der Waals surface area contributed by atoms with Crippen molar-refractivity contribution in [3.63, 3.8) is 0 Å². The molecule has 0 bridgehead atoms. The molecule has 10 nitrogen and oxygen atoms in total. The van der Waals surface area contributed by atoms with Crippen molar-refractivity contribution >= 4 is 12.0 Å². The second kappa shape index (κ2) is 11.4. The summed E-state index contributed by atoms with van der Waals surface area (Å²) in [5.74, 6) is 1.04. The molecule has 0 saturated heterocycles. The first-order chi connectivity index (χ1) is 18.9. The Morgan fingerprint density at radius 1 is 1.20 bits per heavy atom. The van der Waals surface area contributed by atoms with E-state index in [4.69, 9.17) is 9.26 Å². The number of benzene rings is 2. The van der Waals surface area contributed by atoms with Gasteiger partial charge in [-0.2, -0.15) is 10.2 Å². The van der Waals surface area contributed by atoms with Crippen LogP contribution in [0.3, 0.4) is 0 Å². The fourth-order valence-corrected chi connectivity index (χ4v) is 4.89. The van der Waals surface area contributed by atoms with Gasteiger partial charge in [0.05, 0.1) is 11.7 Å². The van der Waals surface area contributed by atoms with Gasteiger partial charge in [-0.05, 0) is 89.3 Å². The van der Waals surface area contributed by atoms with Crippen LogP contribution in [-0.2, 0) is 17.6 Å². The van der Waals surface area contributed by atoms with Crippen LogP contribution in [0.5, 0.6) is 5.75 Å². The molecular formula is C30H35N5O5. The van der Waals surface area contributed by atoms with Crippen LogP contribution in [0, 0.1) is 18.3 Å². The van der Waals surface area contributed by atoms with Gasteiger partial charge in [-0.25, -0.2) is 4.79 Å². The summed E-state index contributed by atoms with van der Waals surface area (Å²) in [5.41, 5.74) is 4.46. The number of carbonyl (C=O) groups is 2. The van der Waals surface area contributed by atoms with E-state index in [-0.39, 0.29) is 18.6 Å². The Labute approximate surface area is 234 Å². The average Bonchev–Trinajstić information content (AvgIpc) is 3.26. The predicted octanol–water partition coefficient (Wildman–Crippen LogP) is 5.08. The molecule has 4 rings (SSSR count). The topological polar surface area (TPSA) is 133 Å². The number of amides is 2. The summed E-state index contributed by atoms with van der Waals surface area (Å²) in [7, 11) is 0. The van der Waals surface area contributed by atoms with Gasteiger partial charge in [0, 0.05) is 29.8 Å². The minimum absolute atomic E-state index is 0.0581. The Hall–Kier alpha value is -4.39. The molecule has 10 heteroatoms. The summed E-state index contributed by atoms with van der Waals surface area (Å²) in [6, 6.07) is 11.4. The summed E-state index contributed by atoms with van der Waals surface area (Å²) in [5, 5.41) is 23.4. The maximum atomic E-state index is 13.1.